The van der Waals surface area contributed by atoms with Crippen molar-refractivity contribution >= 4 is 0 Å². The van der Waals surface area contributed by atoms with E-state index in [1.807, 2.05) is 0 Å². The second-order valence-corrected chi connectivity index (χ2v) is 6.37. The van der Waals surface area contributed by atoms with Gasteiger partial charge in [-0.25, -0.2) is 0 Å². The number of hydrogen-bond donors (Lipinski definition) is 1. The Morgan fingerprint density at radius 3 is 2.53 bits per heavy atom. The van der Waals surface area contributed by atoms with Gasteiger partial charge in [0.1, 0.15) is 0 Å². The summed E-state index contributed by atoms with van der Waals surface area (Å²) in [5, 5.41) is 3.57. The molecular weight excluding hydrogens is 234 g/mol. The van der Waals surface area contributed by atoms with Crippen LogP contribution in [0, 0.1) is 26.7 Å². The summed E-state index contributed by atoms with van der Waals surface area (Å²) in [7, 11) is 0. The molecule has 2 aliphatic rings. The summed E-state index contributed by atoms with van der Waals surface area (Å²) in [4.78, 5) is 0. The fourth-order valence-electron chi connectivity index (χ4n) is 3.75. The van der Waals surface area contributed by atoms with E-state index >= 15 is 0 Å². The molecule has 1 atom stereocenters. The van der Waals surface area contributed by atoms with Gasteiger partial charge in [-0.15, -0.1) is 0 Å². The average Bonchev–Trinajstić information content (AvgIpc) is 2.39. The van der Waals surface area contributed by atoms with Gasteiger partial charge in [-0.05, 0) is 74.9 Å². The van der Waals surface area contributed by atoms with Gasteiger partial charge < -0.3 is 10.1 Å². The SMILES string of the molecule is Cc1ccc(C2(C3CCCNC3)COC2)c(C)c1C. The Morgan fingerprint density at radius 2 is 1.95 bits per heavy atom. The molecule has 0 spiro atoms. The molecule has 104 valence electrons. The Kier molecular flexibility index (Phi) is 3.40. The zero-order chi connectivity index (χ0) is 13.5. The maximum Gasteiger partial charge on any atom is 0.0588 e. The second kappa shape index (κ2) is 4.92. The lowest BCUT2D eigenvalue weighted by molar-refractivity contribution is -0.0950. The molecule has 2 heterocycles. The standard InChI is InChI=1S/C17H25NO/c1-12-6-7-16(14(3)13(12)2)17(10-19-11-17)15-5-4-8-18-9-15/h6-7,15,18H,4-5,8-11H2,1-3H3. The molecule has 2 nitrogen and oxygen atoms in total. The molecular formula is C17H25NO. The maximum atomic E-state index is 5.64. The monoisotopic (exact) mass is 259 g/mol. The molecule has 1 aromatic carbocycles. The molecule has 19 heavy (non-hydrogen) atoms. The number of rotatable bonds is 2. The zero-order valence-electron chi connectivity index (χ0n) is 12.4. The molecule has 1 N–H and O–H groups in total. The summed E-state index contributed by atoms with van der Waals surface area (Å²) >= 11 is 0. The van der Waals surface area contributed by atoms with Crippen LogP contribution < -0.4 is 5.32 Å². The molecule has 0 radical (unpaired) electrons. The molecule has 2 saturated heterocycles. The number of nitrogens with one attached hydrogen (secondary N) is 1. The lowest BCUT2D eigenvalue weighted by atomic mass is 9.64. The van der Waals surface area contributed by atoms with Crippen molar-refractivity contribution in [1.29, 1.82) is 0 Å². The van der Waals surface area contributed by atoms with Crippen molar-refractivity contribution in [2.45, 2.75) is 39.0 Å². The largest absolute Gasteiger partial charge is 0.379 e. The number of benzene rings is 1. The zero-order valence-corrected chi connectivity index (χ0v) is 12.4. The van der Waals surface area contributed by atoms with Gasteiger partial charge >= 0.3 is 0 Å². The van der Waals surface area contributed by atoms with Gasteiger partial charge in [-0.1, -0.05) is 12.1 Å². The van der Waals surface area contributed by atoms with E-state index in [1.54, 1.807) is 0 Å². The Balaban J connectivity index is 2.00. The van der Waals surface area contributed by atoms with Crippen molar-refractivity contribution in [3.05, 3.63) is 34.4 Å². The predicted molar refractivity (Wildman–Crippen MR) is 78.7 cm³/mol. The van der Waals surface area contributed by atoms with E-state index in [0.29, 0.717) is 0 Å². The average molecular weight is 259 g/mol. The van der Waals surface area contributed by atoms with E-state index in [0.717, 1.165) is 25.7 Å². The minimum absolute atomic E-state index is 0.274. The Hall–Kier alpha value is -0.860. The quantitative estimate of drug-likeness (QED) is 0.882. The minimum Gasteiger partial charge on any atom is -0.379 e. The predicted octanol–water partition coefficient (Wildman–Crippen LogP) is 2.88. The third-order valence-corrected chi connectivity index (χ3v) is 5.39. The van der Waals surface area contributed by atoms with Gasteiger partial charge in [0.25, 0.3) is 0 Å². The Bertz CT molecular complexity index is 470. The van der Waals surface area contributed by atoms with E-state index in [9.17, 15) is 0 Å². The topological polar surface area (TPSA) is 21.3 Å². The van der Waals surface area contributed by atoms with Crippen molar-refractivity contribution in [2.75, 3.05) is 26.3 Å². The van der Waals surface area contributed by atoms with Crippen LogP contribution in [0.5, 0.6) is 0 Å². The van der Waals surface area contributed by atoms with Gasteiger partial charge in [0.05, 0.1) is 13.2 Å². The summed E-state index contributed by atoms with van der Waals surface area (Å²) in [6.07, 6.45) is 2.64. The highest BCUT2D eigenvalue weighted by molar-refractivity contribution is 5.44. The van der Waals surface area contributed by atoms with Crippen molar-refractivity contribution in [2.24, 2.45) is 5.92 Å². The molecule has 0 amide bonds. The van der Waals surface area contributed by atoms with Crippen molar-refractivity contribution < 1.29 is 4.74 Å². The van der Waals surface area contributed by atoms with E-state index in [4.69, 9.17) is 4.74 Å². The van der Waals surface area contributed by atoms with Gasteiger partial charge in [0.15, 0.2) is 0 Å². The molecule has 3 rings (SSSR count). The molecule has 1 aromatic rings. The minimum atomic E-state index is 0.274. The number of piperidine rings is 1. The normalized spacial score (nSPS) is 25.9. The van der Waals surface area contributed by atoms with Crippen LogP contribution in [0.25, 0.3) is 0 Å². The molecule has 0 bridgehead atoms. The fraction of sp³-hybridized carbons (Fsp3) is 0.647. The van der Waals surface area contributed by atoms with E-state index in [-0.39, 0.29) is 5.41 Å². The lowest BCUT2D eigenvalue weighted by Gasteiger charge is -2.50. The Morgan fingerprint density at radius 1 is 1.16 bits per heavy atom. The fourth-order valence-corrected chi connectivity index (χ4v) is 3.75. The molecule has 0 aliphatic carbocycles. The van der Waals surface area contributed by atoms with Crippen molar-refractivity contribution in [1.82, 2.24) is 5.32 Å². The summed E-state index contributed by atoms with van der Waals surface area (Å²) in [6.45, 7) is 10.9. The number of ether oxygens (including phenoxy) is 1. The van der Waals surface area contributed by atoms with Gasteiger partial charge in [-0.3, -0.25) is 0 Å². The summed E-state index contributed by atoms with van der Waals surface area (Å²) in [5.74, 6) is 0.732. The van der Waals surface area contributed by atoms with Gasteiger partial charge in [-0.2, -0.15) is 0 Å². The van der Waals surface area contributed by atoms with Crippen LogP contribution in [0.4, 0.5) is 0 Å². The van der Waals surface area contributed by atoms with Crippen LogP contribution in [-0.2, 0) is 10.2 Å². The van der Waals surface area contributed by atoms with Crippen LogP contribution in [0.2, 0.25) is 0 Å². The van der Waals surface area contributed by atoms with Crippen LogP contribution in [-0.4, -0.2) is 26.3 Å². The number of hydrogen-bond acceptors (Lipinski definition) is 2. The molecule has 2 heteroatoms. The smallest absolute Gasteiger partial charge is 0.0588 e. The maximum absolute atomic E-state index is 5.64. The first-order valence-corrected chi connectivity index (χ1v) is 7.51. The van der Waals surface area contributed by atoms with Crippen LogP contribution in [0.3, 0.4) is 0 Å². The molecule has 1 unspecified atom stereocenters. The second-order valence-electron chi connectivity index (χ2n) is 6.37. The summed E-state index contributed by atoms with van der Waals surface area (Å²) in [5.41, 5.74) is 6.14. The van der Waals surface area contributed by atoms with Crippen molar-refractivity contribution in [3.8, 4) is 0 Å². The van der Waals surface area contributed by atoms with Crippen LogP contribution in [0.1, 0.15) is 35.1 Å². The summed E-state index contributed by atoms with van der Waals surface area (Å²) < 4.78 is 5.64. The van der Waals surface area contributed by atoms with Crippen LogP contribution >= 0.6 is 0 Å². The van der Waals surface area contributed by atoms with E-state index < -0.39 is 0 Å². The molecule has 0 saturated carbocycles. The molecule has 2 fully saturated rings. The first-order valence-electron chi connectivity index (χ1n) is 7.51. The lowest BCUT2D eigenvalue weighted by Crippen LogP contribution is -2.56. The first-order chi connectivity index (χ1) is 9.15. The highest BCUT2D eigenvalue weighted by atomic mass is 16.5. The highest BCUT2D eigenvalue weighted by Gasteiger charge is 2.47. The van der Waals surface area contributed by atoms with E-state index in [1.165, 1.54) is 41.6 Å². The molecule has 0 aromatic heterocycles. The summed E-state index contributed by atoms with van der Waals surface area (Å²) in [6, 6.07) is 4.64. The third kappa shape index (κ3) is 2.02. The third-order valence-electron chi connectivity index (χ3n) is 5.39. The van der Waals surface area contributed by atoms with E-state index in [2.05, 4.69) is 38.2 Å². The molecule has 2 aliphatic heterocycles. The first kappa shape index (κ1) is 13.1. The van der Waals surface area contributed by atoms with Gasteiger partial charge in [0, 0.05) is 5.41 Å². The highest BCUT2D eigenvalue weighted by Crippen LogP contribution is 2.44. The van der Waals surface area contributed by atoms with Crippen LogP contribution in [0.15, 0.2) is 12.1 Å². The Labute approximate surface area is 116 Å². The number of aryl methyl sites for hydroxylation is 1. The van der Waals surface area contributed by atoms with Crippen molar-refractivity contribution in [3.63, 3.8) is 0 Å². The van der Waals surface area contributed by atoms with Gasteiger partial charge in [0.2, 0.25) is 0 Å².